The molecule has 0 radical (unpaired) electrons. The summed E-state index contributed by atoms with van der Waals surface area (Å²) in [5.74, 6) is -0.513. The lowest BCUT2D eigenvalue weighted by Gasteiger charge is -2.07. The minimum atomic E-state index is -0.520. The quantitative estimate of drug-likeness (QED) is 0.801. The van der Waals surface area contributed by atoms with E-state index in [2.05, 4.69) is 21.0 Å². The van der Waals surface area contributed by atoms with E-state index < -0.39 is 11.8 Å². The summed E-state index contributed by atoms with van der Waals surface area (Å²) in [7, 11) is 1.49. The number of carbonyl (C=O) groups excluding carboxylic acids is 1. The molecule has 2 aromatic rings. The van der Waals surface area contributed by atoms with Crippen molar-refractivity contribution in [2.45, 2.75) is 6.92 Å². The highest BCUT2D eigenvalue weighted by atomic mass is 79.9. The summed E-state index contributed by atoms with van der Waals surface area (Å²) in [6, 6.07) is 4.26. The number of aromatic nitrogens is 2. The topological polar surface area (TPSA) is 53.3 Å². The maximum absolute atomic E-state index is 13.9. The van der Waals surface area contributed by atoms with Crippen LogP contribution in [-0.2, 0) is 4.74 Å². The molecule has 5 nitrogen and oxygen atoms in total. The molecule has 0 atom stereocenters. The Bertz CT molecular complexity index is 643. The molecule has 0 saturated carbocycles. The Hall–Kier alpha value is -1.89. The van der Waals surface area contributed by atoms with Crippen molar-refractivity contribution in [1.29, 1.82) is 0 Å². The SMILES string of the molecule is CCOC(=O)c1cnn(-c2cc(OC)ccc2F)c1Br. The van der Waals surface area contributed by atoms with Crippen molar-refractivity contribution < 1.29 is 18.7 Å². The second-order valence-corrected chi connectivity index (χ2v) is 4.55. The highest BCUT2D eigenvalue weighted by Gasteiger charge is 2.19. The smallest absolute Gasteiger partial charge is 0.342 e. The van der Waals surface area contributed by atoms with Gasteiger partial charge in [-0.05, 0) is 35.0 Å². The fourth-order valence-electron chi connectivity index (χ4n) is 1.63. The van der Waals surface area contributed by atoms with Crippen LogP contribution < -0.4 is 4.74 Å². The second kappa shape index (κ2) is 6.04. The molecule has 106 valence electrons. The lowest BCUT2D eigenvalue weighted by atomic mass is 10.3. The van der Waals surface area contributed by atoms with Crippen LogP contribution in [-0.4, -0.2) is 29.5 Å². The predicted molar refractivity (Wildman–Crippen MR) is 73.7 cm³/mol. The molecule has 0 bridgehead atoms. The lowest BCUT2D eigenvalue weighted by Crippen LogP contribution is -2.06. The van der Waals surface area contributed by atoms with Crippen molar-refractivity contribution >= 4 is 21.9 Å². The van der Waals surface area contributed by atoms with Gasteiger partial charge in [-0.3, -0.25) is 0 Å². The van der Waals surface area contributed by atoms with Crippen LogP contribution in [0.25, 0.3) is 5.69 Å². The largest absolute Gasteiger partial charge is 0.497 e. The van der Waals surface area contributed by atoms with E-state index in [1.165, 1.54) is 36.2 Å². The third kappa shape index (κ3) is 2.67. The van der Waals surface area contributed by atoms with E-state index in [-0.39, 0.29) is 17.9 Å². The Labute approximate surface area is 123 Å². The molecular formula is C13H12BrFN2O3. The lowest BCUT2D eigenvalue weighted by molar-refractivity contribution is 0.0525. The summed E-state index contributed by atoms with van der Waals surface area (Å²) < 4.78 is 25.4. The predicted octanol–water partition coefficient (Wildman–Crippen LogP) is 2.96. The maximum atomic E-state index is 13.9. The molecule has 1 aromatic carbocycles. The van der Waals surface area contributed by atoms with Crippen LogP contribution >= 0.6 is 15.9 Å². The van der Waals surface area contributed by atoms with Crippen molar-refractivity contribution in [3.8, 4) is 11.4 Å². The van der Waals surface area contributed by atoms with Gasteiger partial charge in [0, 0.05) is 6.07 Å². The van der Waals surface area contributed by atoms with Crippen molar-refractivity contribution in [3.05, 3.63) is 40.4 Å². The first-order chi connectivity index (χ1) is 9.58. The highest BCUT2D eigenvalue weighted by molar-refractivity contribution is 9.10. The standard InChI is InChI=1S/C13H12BrFN2O3/c1-3-20-13(18)9-7-16-17(12(9)14)11-6-8(19-2)4-5-10(11)15/h4-7H,3H2,1-2H3. The molecule has 1 heterocycles. The number of rotatable bonds is 4. The van der Waals surface area contributed by atoms with Gasteiger partial charge < -0.3 is 9.47 Å². The third-order valence-electron chi connectivity index (χ3n) is 2.59. The Morgan fingerprint density at radius 1 is 1.50 bits per heavy atom. The molecule has 0 aliphatic rings. The van der Waals surface area contributed by atoms with E-state index in [0.29, 0.717) is 10.4 Å². The molecule has 0 fully saturated rings. The first-order valence-electron chi connectivity index (χ1n) is 5.83. The van der Waals surface area contributed by atoms with Gasteiger partial charge in [-0.15, -0.1) is 0 Å². The summed E-state index contributed by atoms with van der Waals surface area (Å²) in [5.41, 5.74) is 0.404. The van der Waals surface area contributed by atoms with Crippen LogP contribution in [0.3, 0.4) is 0 Å². The number of halogens is 2. The molecular weight excluding hydrogens is 331 g/mol. The Kier molecular flexibility index (Phi) is 4.39. The van der Waals surface area contributed by atoms with E-state index in [4.69, 9.17) is 9.47 Å². The van der Waals surface area contributed by atoms with Gasteiger partial charge in [0.05, 0.1) is 19.9 Å². The number of carbonyl (C=O) groups is 1. The number of methoxy groups -OCH3 is 1. The summed E-state index contributed by atoms with van der Waals surface area (Å²) in [5, 5.41) is 4.00. The average Bonchev–Trinajstić information content (AvgIpc) is 2.81. The molecule has 0 unspecified atom stereocenters. The fourth-order valence-corrected chi connectivity index (χ4v) is 2.18. The van der Waals surface area contributed by atoms with Crippen LogP contribution in [0.4, 0.5) is 4.39 Å². The number of hydrogen-bond donors (Lipinski definition) is 0. The van der Waals surface area contributed by atoms with Gasteiger partial charge in [0.2, 0.25) is 0 Å². The van der Waals surface area contributed by atoms with Crippen molar-refractivity contribution in [2.75, 3.05) is 13.7 Å². The molecule has 0 N–H and O–H groups in total. The molecule has 1 aromatic heterocycles. The minimum absolute atomic E-state index is 0.173. The number of ether oxygens (including phenoxy) is 2. The van der Waals surface area contributed by atoms with Crippen LogP contribution in [0.2, 0.25) is 0 Å². The monoisotopic (exact) mass is 342 g/mol. The van der Waals surface area contributed by atoms with Gasteiger partial charge in [0.15, 0.2) is 0 Å². The first kappa shape index (κ1) is 14.5. The van der Waals surface area contributed by atoms with Crippen LogP contribution in [0.15, 0.2) is 29.0 Å². The number of nitrogens with zero attached hydrogens (tertiary/aromatic N) is 2. The van der Waals surface area contributed by atoms with E-state index in [9.17, 15) is 9.18 Å². The normalized spacial score (nSPS) is 10.4. The molecule has 0 spiro atoms. The molecule has 0 aliphatic heterocycles. The zero-order valence-electron chi connectivity index (χ0n) is 10.9. The van der Waals surface area contributed by atoms with E-state index in [1.54, 1.807) is 6.92 Å². The molecule has 20 heavy (non-hydrogen) atoms. The Balaban J connectivity index is 2.46. The van der Waals surface area contributed by atoms with Crippen LogP contribution in [0.1, 0.15) is 17.3 Å². The zero-order chi connectivity index (χ0) is 14.7. The van der Waals surface area contributed by atoms with Gasteiger partial charge in [0.1, 0.15) is 27.4 Å². The number of esters is 1. The third-order valence-corrected chi connectivity index (χ3v) is 3.35. The summed E-state index contributed by atoms with van der Waals surface area (Å²) >= 11 is 3.23. The van der Waals surface area contributed by atoms with Crippen molar-refractivity contribution in [2.24, 2.45) is 0 Å². The maximum Gasteiger partial charge on any atom is 0.342 e. The number of hydrogen-bond acceptors (Lipinski definition) is 4. The number of benzene rings is 1. The van der Waals surface area contributed by atoms with Gasteiger partial charge >= 0.3 is 5.97 Å². The Morgan fingerprint density at radius 2 is 2.25 bits per heavy atom. The first-order valence-corrected chi connectivity index (χ1v) is 6.62. The molecule has 0 saturated heterocycles. The fraction of sp³-hybridized carbons (Fsp3) is 0.231. The van der Waals surface area contributed by atoms with E-state index >= 15 is 0 Å². The van der Waals surface area contributed by atoms with E-state index in [1.807, 2.05) is 0 Å². The Morgan fingerprint density at radius 3 is 2.90 bits per heavy atom. The molecule has 2 rings (SSSR count). The van der Waals surface area contributed by atoms with Gasteiger partial charge in [-0.2, -0.15) is 5.10 Å². The summed E-state index contributed by atoms with van der Waals surface area (Å²) in [6.07, 6.45) is 1.32. The van der Waals surface area contributed by atoms with Gasteiger partial charge in [0.25, 0.3) is 0 Å². The molecule has 0 aliphatic carbocycles. The molecule has 7 heteroatoms. The average molecular weight is 343 g/mol. The summed E-state index contributed by atoms with van der Waals surface area (Å²) in [6.45, 7) is 1.96. The summed E-state index contributed by atoms with van der Waals surface area (Å²) in [4.78, 5) is 11.7. The highest BCUT2D eigenvalue weighted by Crippen LogP contribution is 2.26. The minimum Gasteiger partial charge on any atom is -0.497 e. The van der Waals surface area contributed by atoms with Gasteiger partial charge in [-0.25, -0.2) is 13.9 Å². The van der Waals surface area contributed by atoms with Crippen molar-refractivity contribution in [3.63, 3.8) is 0 Å². The second-order valence-electron chi connectivity index (χ2n) is 3.80. The van der Waals surface area contributed by atoms with Crippen molar-refractivity contribution in [1.82, 2.24) is 9.78 Å². The zero-order valence-corrected chi connectivity index (χ0v) is 12.5. The van der Waals surface area contributed by atoms with E-state index in [0.717, 1.165) is 0 Å². The van der Waals surface area contributed by atoms with Crippen LogP contribution in [0, 0.1) is 5.82 Å². The molecule has 0 amide bonds. The van der Waals surface area contributed by atoms with Crippen LogP contribution in [0.5, 0.6) is 5.75 Å². The van der Waals surface area contributed by atoms with Gasteiger partial charge in [-0.1, -0.05) is 0 Å².